The Morgan fingerprint density at radius 3 is 2.15 bits per heavy atom. The number of terminal acetylenes is 1. The molecule has 0 saturated carbocycles. The summed E-state index contributed by atoms with van der Waals surface area (Å²) in [4.78, 5) is 41.6. The zero-order chi connectivity index (χ0) is 35.6. The molecule has 46 heavy (non-hydrogen) atoms. The van der Waals surface area contributed by atoms with Crippen LogP contribution in [0.1, 0.15) is 43.4 Å². The van der Waals surface area contributed by atoms with Crippen LogP contribution < -0.4 is 21.0 Å². The second kappa shape index (κ2) is 17.6. The van der Waals surface area contributed by atoms with Crippen LogP contribution in [-0.2, 0) is 14.8 Å². The molecule has 0 saturated heterocycles. The molecule has 0 aliphatic carbocycles. The summed E-state index contributed by atoms with van der Waals surface area (Å²) in [6.07, 6.45) is 5.15. The number of carboxylic acid groups (broad SMARTS) is 2. The van der Waals surface area contributed by atoms with E-state index in [0.717, 1.165) is 4.68 Å². The predicted molar refractivity (Wildman–Crippen MR) is 176 cm³/mol. The first-order chi connectivity index (χ1) is 21.1. The van der Waals surface area contributed by atoms with E-state index >= 15 is 0 Å². The van der Waals surface area contributed by atoms with E-state index in [-0.39, 0.29) is 50.6 Å². The number of hydrogen-bond acceptors (Lipinski definition) is 9. The first-order valence-electron chi connectivity index (χ1n) is 12.8. The topological polar surface area (TPSA) is 204 Å². The van der Waals surface area contributed by atoms with Crippen molar-refractivity contribution >= 4 is 65.7 Å². The van der Waals surface area contributed by atoms with E-state index in [9.17, 15) is 18.9 Å². The summed E-state index contributed by atoms with van der Waals surface area (Å²) in [5.41, 5.74) is 4.87. The first kappa shape index (κ1) is 40.8. The van der Waals surface area contributed by atoms with Crippen molar-refractivity contribution in [1.29, 1.82) is 0 Å². The second-order valence-electron chi connectivity index (χ2n) is 10.3. The highest BCUT2D eigenvalue weighted by molar-refractivity contribution is 7.57. The number of benzene rings is 2. The number of hydrogen-bond donors (Lipinski definition) is 4. The van der Waals surface area contributed by atoms with E-state index in [2.05, 4.69) is 11.0 Å². The molecular weight excluding hydrogens is 711 g/mol. The van der Waals surface area contributed by atoms with Crippen LogP contribution in [0.15, 0.2) is 33.5 Å². The lowest BCUT2D eigenvalue weighted by Gasteiger charge is -2.11. The van der Waals surface area contributed by atoms with Crippen LogP contribution in [0.2, 0.25) is 20.1 Å². The van der Waals surface area contributed by atoms with Gasteiger partial charge in [0.05, 0.1) is 32.9 Å². The van der Waals surface area contributed by atoms with Gasteiger partial charge in [-0.15, -0.1) is 11.5 Å². The summed E-state index contributed by atoms with van der Waals surface area (Å²) < 4.78 is 27.0. The van der Waals surface area contributed by atoms with Crippen LogP contribution in [0.4, 0.5) is 0 Å². The van der Waals surface area contributed by atoms with Crippen LogP contribution in [0.3, 0.4) is 0 Å². The van der Waals surface area contributed by atoms with Crippen LogP contribution in [0, 0.1) is 12.3 Å². The number of nitrogens with two attached hydrogens (primary N) is 1. The summed E-state index contributed by atoms with van der Waals surface area (Å²) in [6, 6.07) is 4.82. The molecule has 0 radical (unpaired) electrons. The molecule has 2 aromatic carbocycles. The maximum Gasteiger partial charge on any atom is 0.442 e. The molecule has 252 valence electrons. The third kappa shape index (κ3) is 12.5. The highest BCUT2D eigenvalue weighted by Crippen LogP contribution is 2.36. The molecule has 1 aromatic heterocycles. The number of halogens is 4. The molecule has 2 unspecified atom stereocenters. The third-order valence-electron chi connectivity index (χ3n) is 5.38. The van der Waals surface area contributed by atoms with Gasteiger partial charge in [-0.1, -0.05) is 73.1 Å². The highest BCUT2D eigenvalue weighted by Gasteiger charge is 2.24. The maximum atomic E-state index is 12.0. The van der Waals surface area contributed by atoms with E-state index in [1.54, 1.807) is 0 Å². The maximum absolute atomic E-state index is 12.0. The van der Waals surface area contributed by atoms with Crippen molar-refractivity contribution in [3.8, 4) is 29.5 Å². The van der Waals surface area contributed by atoms with E-state index in [4.69, 9.17) is 87.6 Å². The smallest absolute Gasteiger partial charge is 0.442 e. The quantitative estimate of drug-likeness (QED) is 0.151. The van der Waals surface area contributed by atoms with Crippen molar-refractivity contribution in [2.45, 2.75) is 38.6 Å². The Balaban J connectivity index is 0.000000377. The molecule has 0 amide bonds. The minimum atomic E-state index is -3.10. The van der Waals surface area contributed by atoms with Crippen LogP contribution in [-0.4, -0.2) is 69.4 Å². The fraction of sp³-hybridized carbons (Fsp3) is 0.357. The van der Waals surface area contributed by atoms with E-state index in [0.29, 0.717) is 17.3 Å². The van der Waals surface area contributed by atoms with Gasteiger partial charge in [0.2, 0.25) is 5.89 Å². The second-order valence-corrected chi connectivity index (χ2v) is 14.5. The predicted octanol–water partition coefficient (Wildman–Crippen LogP) is 5.83. The SMILES string of the molecule is C#CCOc1cc(-n2nc(C(C)(C)C)oc2=O)c(Cl)cc1Cl.COc1c(Cl)ccc(Cl)c1C(=O)O.CP(=O)(O)CCC(N)C(=O)O. The van der Waals surface area contributed by atoms with Crippen molar-refractivity contribution in [3.63, 3.8) is 0 Å². The average Bonchev–Trinajstić information content (AvgIpc) is 3.34. The molecule has 1 heterocycles. The molecule has 3 rings (SSSR count). The molecule has 18 heteroatoms. The summed E-state index contributed by atoms with van der Waals surface area (Å²) in [5, 5.41) is 22.1. The molecular formula is C28H32Cl4N3O10P. The lowest BCUT2D eigenvalue weighted by molar-refractivity contribution is -0.138. The molecule has 0 aliphatic heterocycles. The van der Waals surface area contributed by atoms with Crippen molar-refractivity contribution in [1.82, 2.24) is 9.78 Å². The summed E-state index contributed by atoms with van der Waals surface area (Å²) in [6.45, 7) is 6.87. The number of aliphatic carboxylic acids is 1. The Kier molecular flexibility index (Phi) is 15.6. The molecule has 5 N–H and O–H groups in total. The van der Waals surface area contributed by atoms with Crippen LogP contribution in [0.25, 0.3) is 5.69 Å². The number of aromatic nitrogens is 2. The van der Waals surface area contributed by atoms with Gasteiger partial charge in [0, 0.05) is 24.3 Å². The third-order valence-corrected chi connectivity index (χ3v) is 7.68. The number of ether oxygens (including phenoxy) is 2. The van der Waals surface area contributed by atoms with E-state index in [1.807, 2.05) is 20.8 Å². The molecule has 3 aromatic rings. The van der Waals surface area contributed by atoms with Gasteiger partial charge < -0.3 is 34.7 Å². The number of rotatable bonds is 9. The molecule has 0 bridgehead atoms. The Labute approximate surface area is 284 Å². The molecule has 0 fully saturated rings. The largest absolute Gasteiger partial charge is 0.494 e. The van der Waals surface area contributed by atoms with Crippen molar-refractivity contribution in [2.75, 3.05) is 26.5 Å². The lowest BCUT2D eigenvalue weighted by Crippen LogP contribution is -2.30. The Morgan fingerprint density at radius 1 is 1.13 bits per heavy atom. The van der Waals surface area contributed by atoms with Gasteiger partial charge in [-0.2, -0.15) is 4.68 Å². The minimum absolute atomic E-state index is 0.0412. The fourth-order valence-electron chi connectivity index (χ4n) is 3.08. The molecule has 0 aliphatic rings. The van der Waals surface area contributed by atoms with Crippen molar-refractivity contribution in [2.24, 2.45) is 5.73 Å². The van der Waals surface area contributed by atoms with Crippen LogP contribution in [0.5, 0.6) is 11.5 Å². The number of aromatic carboxylic acids is 1. The monoisotopic (exact) mass is 741 g/mol. The van der Waals surface area contributed by atoms with Gasteiger partial charge in [0.25, 0.3) is 0 Å². The van der Waals surface area contributed by atoms with Gasteiger partial charge >= 0.3 is 17.7 Å². The van der Waals surface area contributed by atoms with E-state index in [1.165, 1.54) is 38.0 Å². The van der Waals surface area contributed by atoms with Crippen LogP contribution >= 0.6 is 53.8 Å². The lowest BCUT2D eigenvalue weighted by atomic mass is 9.97. The van der Waals surface area contributed by atoms with Crippen molar-refractivity contribution in [3.05, 3.63) is 66.4 Å². The molecule has 0 spiro atoms. The normalized spacial score (nSPS) is 12.7. The average molecular weight is 743 g/mol. The van der Waals surface area contributed by atoms with Crippen molar-refractivity contribution < 1.29 is 43.2 Å². The fourth-order valence-corrected chi connectivity index (χ4v) is 4.82. The Morgan fingerprint density at radius 2 is 1.72 bits per heavy atom. The zero-order valence-corrected chi connectivity index (χ0v) is 29.1. The number of carbonyl (C=O) groups is 2. The highest BCUT2D eigenvalue weighted by atomic mass is 35.5. The standard InChI is InChI=1S/C15H14Cl2N2O3.C8H6Cl2O3.C5H12NO4P/c1-5-6-21-12-8-11(9(16)7-10(12)17)19-14(20)22-13(18-19)15(2,3)4;1-13-7-5(10)3-2-4(9)6(7)8(11)12;1-11(9,10)3-2-4(6)5(7)8/h1,7-8H,6H2,2-4H3;2-3H,1H3,(H,11,12);4H,2-3,6H2,1H3,(H,7,8)(H,9,10). The molecule has 2 atom stereocenters. The van der Waals surface area contributed by atoms with Gasteiger partial charge in [-0.3, -0.25) is 9.36 Å². The van der Waals surface area contributed by atoms with Gasteiger partial charge in [-0.25, -0.2) is 9.59 Å². The first-order valence-corrected chi connectivity index (χ1v) is 16.6. The summed E-state index contributed by atoms with van der Waals surface area (Å²) in [5.74, 6) is 0.0883. The number of nitrogens with zero attached hydrogens (tertiary/aromatic N) is 2. The minimum Gasteiger partial charge on any atom is -0.494 e. The Bertz CT molecular complexity index is 1690. The summed E-state index contributed by atoms with van der Waals surface area (Å²) in [7, 11) is -1.77. The number of methoxy groups -OCH3 is 1. The van der Waals surface area contributed by atoms with Gasteiger partial charge in [-0.05, 0) is 24.6 Å². The summed E-state index contributed by atoms with van der Waals surface area (Å²) >= 11 is 23.5. The molecule has 13 nitrogen and oxygen atoms in total. The van der Waals surface area contributed by atoms with E-state index < -0.39 is 36.5 Å². The zero-order valence-electron chi connectivity index (χ0n) is 25.2. The Hall–Kier alpha value is -3.21. The van der Waals surface area contributed by atoms with Gasteiger partial charge in [0.1, 0.15) is 24.0 Å². The number of carboxylic acids is 2. The van der Waals surface area contributed by atoms with Gasteiger partial charge in [0.15, 0.2) is 13.1 Å².